The molecule has 0 aliphatic rings. The molecule has 0 radical (unpaired) electrons. The Morgan fingerprint density at radius 3 is 2.41 bits per heavy atom. The maximum absolute atomic E-state index is 4.56. The Labute approximate surface area is 99.7 Å². The minimum absolute atomic E-state index is 0.515. The van der Waals surface area contributed by atoms with E-state index in [-0.39, 0.29) is 0 Å². The SMILES string of the molecule is Cc1nonc1N=Cc1ccc(N(C)C)cc1. The van der Waals surface area contributed by atoms with Gasteiger partial charge in [0.2, 0.25) is 5.82 Å². The van der Waals surface area contributed by atoms with E-state index < -0.39 is 0 Å². The first-order valence-electron chi connectivity index (χ1n) is 5.27. The lowest BCUT2D eigenvalue weighted by Crippen LogP contribution is -2.08. The minimum Gasteiger partial charge on any atom is -0.378 e. The van der Waals surface area contributed by atoms with Crippen molar-refractivity contribution in [2.24, 2.45) is 4.99 Å². The number of nitrogens with zero attached hydrogens (tertiary/aromatic N) is 4. The summed E-state index contributed by atoms with van der Waals surface area (Å²) in [6.07, 6.45) is 1.74. The van der Waals surface area contributed by atoms with E-state index in [1.165, 1.54) is 0 Å². The zero-order chi connectivity index (χ0) is 12.3. The Morgan fingerprint density at radius 1 is 1.18 bits per heavy atom. The summed E-state index contributed by atoms with van der Waals surface area (Å²) in [5, 5.41) is 7.34. The lowest BCUT2D eigenvalue weighted by atomic mass is 10.2. The Hall–Kier alpha value is -2.17. The van der Waals surface area contributed by atoms with Crippen LogP contribution in [0.25, 0.3) is 0 Å². The van der Waals surface area contributed by atoms with Crippen LogP contribution in [0.4, 0.5) is 11.5 Å². The molecular formula is C12H14N4O. The van der Waals surface area contributed by atoms with Gasteiger partial charge in [0.05, 0.1) is 0 Å². The van der Waals surface area contributed by atoms with E-state index in [4.69, 9.17) is 0 Å². The van der Waals surface area contributed by atoms with Gasteiger partial charge in [-0.1, -0.05) is 17.3 Å². The molecule has 0 saturated heterocycles. The molecule has 1 aromatic heterocycles. The summed E-state index contributed by atoms with van der Waals surface area (Å²) in [4.78, 5) is 6.25. The Balaban J connectivity index is 2.14. The van der Waals surface area contributed by atoms with E-state index in [1.807, 2.05) is 43.3 Å². The molecule has 0 fully saturated rings. The number of aliphatic imine (C=N–C) groups is 1. The first kappa shape index (κ1) is 11.3. The van der Waals surface area contributed by atoms with Crippen LogP contribution in [0, 0.1) is 6.92 Å². The quantitative estimate of drug-likeness (QED) is 0.758. The monoisotopic (exact) mass is 230 g/mol. The van der Waals surface area contributed by atoms with Gasteiger partial charge in [-0.3, -0.25) is 0 Å². The van der Waals surface area contributed by atoms with E-state index >= 15 is 0 Å². The van der Waals surface area contributed by atoms with Gasteiger partial charge in [0.1, 0.15) is 5.69 Å². The summed E-state index contributed by atoms with van der Waals surface area (Å²) in [7, 11) is 4.01. The van der Waals surface area contributed by atoms with Crippen molar-refractivity contribution in [3.8, 4) is 0 Å². The average molecular weight is 230 g/mol. The molecule has 1 heterocycles. The molecule has 0 unspecified atom stereocenters. The molecule has 1 aromatic carbocycles. The predicted molar refractivity (Wildman–Crippen MR) is 67.1 cm³/mol. The molecule has 0 amide bonds. The molecule has 0 spiro atoms. The van der Waals surface area contributed by atoms with E-state index in [0.717, 1.165) is 11.3 Å². The van der Waals surface area contributed by atoms with Crippen molar-refractivity contribution in [2.75, 3.05) is 19.0 Å². The van der Waals surface area contributed by atoms with Crippen LogP contribution in [0.15, 0.2) is 33.9 Å². The van der Waals surface area contributed by atoms with Crippen LogP contribution in [0.3, 0.4) is 0 Å². The van der Waals surface area contributed by atoms with Crippen molar-refractivity contribution in [3.63, 3.8) is 0 Å². The average Bonchev–Trinajstić information content (AvgIpc) is 2.73. The standard InChI is InChI=1S/C12H14N4O/c1-9-12(15-17-14-9)13-8-10-4-6-11(7-5-10)16(2)3/h4-8H,1-3H3. The highest BCUT2D eigenvalue weighted by Gasteiger charge is 2.01. The fourth-order valence-corrected chi connectivity index (χ4v) is 1.34. The Morgan fingerprint density at radius 2 is 1.88 bits per heavy atom. The third kappa shape index (κ3) is 2.69. The summed E-state index contributed by atoms with van der Waals surface area (Å²) in [6.45, 7) is 1.80. The number of anilines is 1. The van der Waals surface area contributed by atoms with Crippen LogP contribution < -0.4 is 4.90 Å². The molecular weight excluding hydrogens is 216 g/mol. The highest BCUT2D eigenvalue weighted by Crippen LogP contribution is 2.14. The van der Waals surface area contributed by atoms with Gasteiger partial charge in [-0.05, 0) is 29.8 Å². The molecule has 0 saturated carbocycles. The lowest BCUT2D eigenvalue weighted by Gasteiger charge is -2.11. The topological polar surface area (TPSA) is 54.5 Å². The van der Waals surface area contributed by atoms with Crippen molar-refractivity contribution in [2.45, 2.75) is 6.92 Å². The summed E-state index contributed by atoms with van der Waals surface area (Å²) >= 11 is 0. The molecule has 17 heavy (non-hydrogen) atoms. The van der Waals surface area contributed by atoms with Gasteiger partial charge >= 0.3 is 0 Å². The van der Waals surface area contributed by atoms with Gasteiger partial charge in [0.15, 0.2) is 0 Å². The van der Waals surface area contributed by atoms with Gasteiger partial charge in [-0.25, -0.2) is 9.62 Å². The van der Waals surface area contributed by atoms with Crippen molar-refractivity contribution in [1.29, 1.82) is 0 Å². The van der Waals surface area contributed by atoms with E-state index in [1.54, 1.807) is 13.1 Å². The van der Waals surface area contributed by atoms with Crippen LogP contribution in [0.2, 0.25) is 0 Å². The van der Waals surface area contributed by atoms with Crippen LogP contribution in [0.5, 0.6) is 0 Å². The lowest BCUT2D eigenvalue weighted by molar-refractivity contribution is 0.306. The highest BCUT2D eigenvalue weighted by molar-refractivity contribution is 5.82. The second-order valence-electron chi connectivity index (χ2n) is 3.92. The van der Waals surface area contributed by atoms with Crippen LogP contribution in [-0.2, 0) is 0 Å². The van der Waals surface area contributed by atoms with Crippen LogP contribution in [-0.4, -0.2) is 30.6 Å². The van der Waals surface area contributed by atoms with E-state index in [2.05, 4.69) is 19.9 Å². The first-order chi connectivity index (χ1) is 8.16. The number of benzene rings is 1. The first-order valence-corrected chi connectivity index (χ1v) is 5.27. The summed E-state index contributed by atoms with van der Waals surface area (Å²) in [5.41, 5.74) is 2.85. The number of rotatable bonds is 3. The van der Waals surface area contributed by atoms with Crippen molar-refractivity contribution in [3.05, 3.63) is 35.5 Å². The minimum atomic E-state index is 0.515. The fraction of sp³-hybridized carbons (Fsp3) is 0.250. The van der Waals surface area contributed by atoms with Gasteiger partial charge in [0, 0.05) is 26.0 Å². The molecule has 0 bridgehead atoms. The molecule has 5 nitrogen and oxygen atoms in total. The van der Waals surface area contributed by atoms with E-state index in [0.29, 0.717) is 11.5 Å². The second-order valence-corrected chi connectivity index (χ2v) is 3.92. The molecule has 88 valence electrons. The van der Waals surface area contributed by atoms with Gasteiger partial charge < -0.3 is 4.90 Å². The molecule has 0 N–H and O–H groups in total. The molecule has 0 aliphatic carbocycles. The highest BCUT2D eigenvalue weighted by atomic mass is 16.6. The van der Waals surface area contributed by atoms with Gasteiger partial charge in [-0.2, -0.15) is 0 Å². The largest absolute Gasteiger partial charge is 0.378 e. The van der Waals surface area contributed by atoms with Crippen molar-refractivity contribution < 1.29 is 4.63 Å². The zero-order valence-corrected chi connectivity index (χ0v) is 10.1. The number of aromatic nitrogens is 2. The van der Waals surface area contributed by atoms with Crippen LogP contribution >= 0.6 is 0 Å². The third-order valence-electron chi connectivity index (χ3n) is 2.37. The fourth-order valence-electron chi connectivity index (χ4n) is 1.34. The molecule has 0 aliphatic heterocycles. The second kappa shape index (κ2) is 4.78. The smallest absolute Gasteiger partial charge is 0.219 e. The van der Waals surface area contributed by atoms with Crippen molar-refractivity contribution in [1.82, 2.24) is 10.3 Å². The van der Waals surface area contributed by atoms with Crippen molar-refractivity contribution >= 4 is 17.7 Å². The van der Waals surface area contributed by atoms with E-state index in [9.17, 15) is 0 Å². The summed E-state index contributed by atoms with van der Waals surface area (Å²) in [5.74, 6) is 0.515. The Bertz CT molecular complexity index is 514. The maximum atomic E-state index is 4.56. The maximum Gasteiger partial charge on any atom is 0.219 e. The van der Waals surface area contributed by atoms with Gasteiger partial charge in [0.25, 0.3) is 0 Å². The summed E-state index contributed by atoms with van der Waals surface area (Å²) < 4.78 is 4.56. The molecule has 5 heteroatoms. The number of hydrogen-bond donors (Lipinski definition) is 0. The third-order valence-corrected chi connectivity index (χ3v) is 2.37. The zero-order valence-electron chi connectivity index (χ0n) is 10.1. The molecule has 2 aromatic rings. The van der Waals surface area contributed by atoms with Crippen LogP contribution in [0.1, 0.15) is 11.3 Å². The molecule has 2 rings (SSSR count). The van der Waals surface area contributed by atoms with Gasteiger partial charge in [-0.15, -0.1) is 0 Å². The Kier molecular flexibility index (Phi) is 3.18. The number of hydrogen-bond acceptors (Lipinski definition) is 5. The predicted octanol–water partition coefficient (Wildman–Crippen LogP) is 2.19. The normalized spacial score (nSPS) is 11.0. The molecule has 0 atom stereocenters. The number of aryl methyl sites for hydroxylation is 1. The summed E-state index contributed by atoms with van der Waals surface area (Å²) in [6, 6.07) is 8.08.